The Morgan fingerprint density at radius 2 is 1.95 bits per heavy atom. The van der Waals surface area contributed by atoms with Crippen molar-refractivity contribution in [2.24, 2.45) is 7.05 Å². The molecule has 1 aromatic heterocycles. The molecule has 19 heavy (non-hydrogen) atoms. The van der Waals surface area contributed by atoms with E-state index < -0.39 is 6.10 Å². The van der Waals surface area contributed by atoms with E-state index in [0.717, 1.165) is 0 Å². The first-order chi connectivity index (χ1) is 9.10. The van der Waals surface area contributed by atoms with Gasteiger partial charge in [-0.1, -0.05) is 12.1 Å². The van der Waals surface area contributed by atoms with E-state index in [1.165, 1.54) is 14.2 Å². The quantitative estimate of drug-likeness (QED) is 0.807. The SMILES string of the molecule is COc1cccc(C(O)c2c(OC)cnn2C)c1N. The van der Waals surface area contributed by atoms with Crippen LogP contribution in [0.25, 0.3) is 0 Å². The number of aromatic nitrogens is 2. The van der Waals surface area contributed by atoms with Crippen molar-refractivity contribution in [2.45, 2.75) is 6.10 Å². The minimum atomic E-state index is -0.933. The third-order valence-corrected chi connectivity index (χ3v) is 3.04. The molecular formula is C13H17N3O3. The fourth-order valence-corrected chi connectivity index (χ4v) is 2.02. The number of rotatable bonds is 4. The standard InChI is InChI=1S/C13H17N3O3/c1-16-12(10(19-3)7-15-16)13(17)8-5-4-6-9(18-2)11(8)14/h4-7,13,17H,14H2,1-3H3. The van der Waals surface area contributed by atoms with Crippen LogP contribution in [0.15, 0.2) is 24.4 Å². The lowest BCUT2D eigenvalue weighted by Gasteiger charge is -2.16. The molecule has 0 radical (unpaired) electrons. The fraction of sp³-hybridized carbons (Fsp3) is 0.308. The highest BCUT2D eigenvalue weighted by Gasteiger charge is 2.23. The molecular weight excluding hydrogens is 246 g/mol. The summed E-state index contributed by atoms with van der Waals surface area (Å²) in [5.74, 6) is 1.04. The highest BCUT2D eigenvalue weighted by atomic mass is 16.5. The van der Waals surface area contributed by atoms with Crippen LogP contribution in [0.5, 0.6) is 11.5 Å². The van der Waals surface area contributed by atoms with Crippen LogP contribution in [-0.2, 0) is 7.05 Å². The molecule has 1 aromatic carbocycles. The first-order valence-electron chi connectivity index (χ1n) is 5.76. The largest absolute Gasteiger partial charge is 0.495 e. The second kappa shape index (κ2) is 5.19. The normalized spacial score (nSPS) is 12.2. The smallest absolute Gasteiger partial charge is 0.162 e. The molecule has 0 bridgehead atoms. The number of para-hydroxylation sites is 1. The van der Waals surface area contributed by atoms with E-state index in [1.54, 1.807) is 36.1 Å². The molecule has 0 spiro atoms. The molecule has 0 saturated carbocycles. The Morgan fingerprint density at radius 3 is 2.58 bits per heavy atom. The fourth-order valence-electron chi connectivity index (χ4n) is 2.02. The number of ether oxygens (including phenoxy) is 2. The summed E-state index contributed by atoms with van der Waals surface area (Å²) in [5.41, 5.74) is 7.49. The highest BCUT2D eigenvalue weighted by Crippen LogP contribution is 2.35. The Hall–Kier alpha value is -2.21. The lowest BCUT2D eigenvalue weighted by Crippen LogP contribution is -2.10. The van der Waals surface area contributed by atoms with Crippen molar-refractivity contribution in [3.8, 4) is 11.5 Å². The number of aliphatic hydroxyl groups excluding tert-OH is 1. The van der Waals surface area contributed by atoms with Crippen LogP contribution < -0.4 is 15.2 Å². The average Bonchev–Trinajstić information content (AvgIpc) is 2.79. The maximum Gasteiger partial charge on any atom is 0.162 e. The second-order valence-corrected chi connectivity index (χ2v) is 4.09. The molecule has 0 aliphatic carbocycles. The third-order valence-electron chi connectivity index (χ3n) is 3.04. The van der Waals surface area contributed by atoms with Crippen molar-refractivity contribution < 1.29 is 14.6 Å². The van der Waals surface area contributed by atoms with E-state index in [9.17, 15) is 5.11 Å². The summed E-state index contributed by atoms with van der Waals surface area (Å²) in [4.78, 5) is 0. The van der Waals surface area contributed by atoms with Crippen LogP contribution in [0.2, 0.25) is 0 Å². The molecule has 1 unspecified atom stereocenters. The third kappa shape index (κ3) is 2.22. The van der Waals surface area contributed by atoms with Crippen LogP contribution >= 0.6 is 0 Å². The van der Waals surface area contributed by atoms with Crippen molar-refractivity contribution in [3.63, 3.8) is 0 Å². The number of anilines is 1. The molecule has 0 saturated heterocycles. The van der Waals surface area contributed by atoms with Crippen LogP contribution in [0, 0.1) is 0 Å². The van der Waals surface area contributed by atoms with Gasteiger partial charge in [-0.15, -0.1) is 0 Å². The molecule has 102 valence electrons. The summed E-state index contributed by atoms with van der Waals surface area (Å²) in [6, 6.07) is 5.26. The summed E-state index contributed by atoms with van der Waals surface area (Å²) < 4.78 is 11.9. The van der Waals surface area contributed by atoms with E-state index in [0.29, 0.717) is 28.4 Å². The highest BCUT2D eigenvalue weighted by molar-refractivity contribution is 5.60. The molecule has 0 aliphatic rings. The molecule has 0 amide bonds. The zero-order valence-electron chi connectivity index (χ0n) is 11.1. The first kappa shape index (κ1) is 13.2. The van der Waals surface area contributed by atoms with Crippen LogP contribution in [0.4, 0.5) is 5.69 Å². The molecule has 6 heteroatoms. The second-order valence-electron chi connectivity index (χ2n) is 4.09. The number of methoxy groups -OCH3 is 2. The molecule has 1 heterocycles. The summed E-state index contributed by atoms with van der Waals surface area (Å²) in [7, 11) is 4.80. The number of benzene rings is 1. The molecule has 0 aliphatic heterocycles. The van der Waals surface area contributed by atoms with Crippen molar-refractivity contribution in [1.29, 1.82) is 0 Å². The van der Waals surface area contributed by atoms with Gasteiger partial charge in [0, 0.05) is 12.6 Å². The molecule has 1 atom stereocenters. The molecule has 6 nitrogen and oxygen atoms in total. The monoisotopic (exact) mass is 263 g/mol. The molecule has 2 rings (SSSR count). The Kier molecular flexibility index (Phi) is 3.62. The van der Waals surface area contributed by atoms with Crippen LogP contribution in [-0.4, -0.2) is 29.1 Å². The zero-order valence-corrected chi connectivity index (χ0v) is 11.1. The number of hydrogen-bond acceptors (Lipinski definition) is 5. The van der Waals surface area contributed by atoms with Gasteiger partial charge in [-0.3, -0.25) is 4.68 Å². The minimum absolute atomic E-state index is 0.403. The van der Waals surface area contributed by atoms with Gasteiger partial charge >= 0.3 is 0 Å². The van der Waals surface area contributed by atoms with E-state index in [2.05, 4.69) is 5.10 Å². The van der Waals surface area contributed by atoms with Gasteiger partial charge in [-0.25, -0.2) is 0 Å². The van der Waals surface area contributed by atoms with E-state index >= 15 is 0 Å². The number of aryl methyl sites for hydroxylation is 1. The maximum atomic E-state index is 10.5. The Bertz CT molecular complexity index is 581. The summed E-state index contributed by atoms with van der Waals surface area (Å²) in [6.07, 6.45) is 0.618. The van der Waals surface area contributed by atoms with Crippen molar-refractivity contribution >= 4 is 5.69 Å². The number of nitrogens with two attached hydrogens (primary N) is 1. The molecule has 0 fully saturated rings. The number of aliphatic hydroxyl groups is 1. The van der Waals surface area contributed by atoms with Crippen molar-refractivity contribution in [2.75, 3.05) is 20.0 Å². The number of nitrogen functional groups attached to an aromatic ring is 1. The van der Waals surface area contributed by atoms with Gasteiger partial charge in [0.2, 0.25) is 0 Å². The van der Waals surface area contributed by atoms with Gasteiger partial charge in [0.1, 0.15) is 17.5 Å². The lowest BCUT2D eigenvalue weighted by atomic mass is 10.0. The van der Waals surface area contributed by atoms with Gasteiger partial charge < -0.3 is 20.3 Å². The van der Waals surface area contributed by atoms with Crippen LogP contribution in [0.1, 0.15) is 17.4 Å². The van der Waals surface area contributed by atoms with E-state index in [1.807, 2.05) is 0 Å². The van der Waals surface area contributed by atoms with Crippen LogP contribution in [0.3, 0.4) is 0 Å². The Labute approximate surface area is 111 Å². The minimum Gasteiger partial charge on any atom is -0.495 e. The number of hydrogen-bond donors (Lipinski definition) is 2. The summed E-state index contributed by atoms with van der Waals surface area (Å²) >= 11 is 0. The topological polar surface area (TPSA) is 82.5 Å². The Morgan fingerprint density at radius 1 is 1.26 bits per heavy atom. The average molecular weight is 263 g/mol. The Balaban J connectivity index is 2.50. The van der Waals surface area contributed by atoms with Gasteiger partial charge in [-0.2, -0.15) is 5.10 Å². The first-order valence-corrected chi connectivity index (χ1v) is 5.76. The summed E-state index contributed by atoms with van der Waals surface area (Å²) in [6.45, 7) is 0. The lowest BCUT2D eigenvalue weighted by molar-refractivity contribution is 0.204. The van der Waals surface area contributed by atoms with Gasteiger partial charge in [0.25, 0.3) is 0 Å². The molecule has 3 N–H and O–H groups in total. The number of nitrogens with zero attached hydrogens (tertiary/aromatic N) is 2. The van der Waals surface area contributed by atoms with Crippen molar-refractivity contribution in [1.82, 2.24) is 9.78 Å². The van der Waals surface area contributed by atoms with E-state index in [4.69, 9.17) is 15.2 Å². The van der Waals surface area contributed by atoms with Gasteiger partial charge in [-0.05, 0) is 6.07 Å². The van der Waals surface area contributed by atoms with Crippen molar-refractivity contribution in [3.05, 3.63) is 35.7 Å². The summed E-state index contributed by atoms with van der Waals surface area (Å²) in [5, 5.41) is 14.6. The molecule has 2 aromatic rings. The zero-order chi connectivity index (χ0) is 14.0. The maximum absolute atomic E-state index is 10.5. The predicted molar refractivity (Wildman–Crippen MR) is 71.2 cm³/mol. The predicted octanol–water partition coefficient (Wildman–Crippen LogP) is 1.10. The van der Waals surface area contributed by atoms with Gasteiger partial charge in [0.05, 0.1) is 26.1 Å². The van der Waals surface area contributed by atoms with Gasteiger partial charge in [0.15, 0.2) is 5.75 Å². The van der Waals surface area contributed by atoms with E-state index in [-0.39, 0.29) is 0 Å².